The number of allylic oxidation sites excluding steroid dienone is 1. The third kappa shape index (κ3) is 3.42. The minimum atomic E-state index is -4.55. The fourth-order valence-electron chi connectivity index (χ4n) is 2.00. The number of alkyl halides is 8. The Balaban J connectivity index is 2.75. The summed E-state index contributed by atoms with van der Waals surface area (Å²) < 4.78 is 103. The second-order valence-electron chi connectivity index (χ2n) is 4.63. The van der Waals surface area contributed by atoms with E-state index < -0.39 is 56.2 Å². The average Bonchev–Trinajstić information content (AvgIpc) is 2.37. The van der Waals surface area contributed by atoms with E-state index in [2.05, 4.69) is 6.58 Å². The normalized spacial score (nSPS) is 21.8. The highest BCUT2D eigenvalue weighted by Crippen LogP contribution is 2.41. The van der Waals surface area contributed by atoms with Crippen LogP contribution in [0.4, 0.5) is 35.1 Å². The number of rotatable bonds is 4. The minimum absolute atomic E-state index is 0.0251. The maximum Gasteiger partial charge on any atom is 0.391 e. The zero-order valence-corrected chi connectivity index (χ0v) is 10.2. The quantitative estimate of drug-likeness (QED) is 0.431. The van der Waals surface area contributed by atoms with Crippen LogP contribution < -0.4 is 0 Å². The molecule has 0 N–H and O–H groups in total. The number of likely N-dealkylation sites (tertiary alicyclic amines) is 1. The van der Waals surface area contributed by atoms with Crippen LogP contribution in [0.5, 0.6) is 0 Å². The minimum Gasteiger partial charge on any atom is -0.242 e. The van der Waals surface area contributed by atoms with Gasteiger partial charge in [-0.1, -0.05) is 6.58 Å². The largest absolute Gasteiger partial charge is 0.391 e. The Morgan fingerprint density at radius 2 is 1.45 bits per heavy atom. The van der Waals surface area contributed by atoms with Crippen molar-refractivity contribution in [2.75, 3.05) is 13.1 Å². The van der Waals surface area contributed by atoms with E-state index in [1.165, 1.54) is 0 Å². The van der Waals surface area contributed by atoms with E-state index in [1.54, 1.807) is 0 Å². The molecule has 0 bridgehead atoms. The van der Waals surface area contributed by atoms with Crippen LogP contribution in [0.2, 0.25) is 0 Å². The van der Waals surface area contributed by atoms with Crippen LogP contribution in [-0.2, 0) is 0 Å². The lowest BCUT2D eigenvalue weighted by Crippen LogP contribution is -2.57. The smallest absolute Gasteiger partial charge is 0.242 e. The monoisotopic (exact) mass is 311 g/mol. The number of piperidine rings is 1. The average molecular weight is 311 g/mol. The second kappa shape index (κ2) is 5.50. The molecule has 1 aliphatic rings. The van der Waals surface area contributed by atoms with E-state index >= 15 is 0 Å². The van der Waals surface area contributed by atoms with E-state index in [0.717, 1.165) is 0 Å². The summed E-state index contributed by atoms with van der Waals surface area (Å²) in [6.45, 7) is 0.964. The van der Waals surface area contributed by atoms with E-state index in [1.807, 2.05) is 0 Å². The Bertz CT molecular complexity index is 343. The Morgan fingerprint density at radius 1 is 1.00 bits per heavy atom. The van der Waals surface area contributed by atoms with Crippen molar-refractivity contribution in [1.29, 1.82) is 0 Å². The molecule has 1 nitrogen and oxygen atoms in total. The number of hydrogen-bond donors (Lipinski definition) is 0. The molecule has 20 heavy (non-hydrogen) atoms. The first kappa shape index (κ1) is 17.2. The van der Waals surface area contributed by atoms with Crippen LogP contribution in [0.3, 0.4) is 0 Å². The van der Waals surface area contributed by atoms with Gasteiger partial charge in [-0.3, -0.25) is 0 Å². The van der Waals surface area contributed by atoms with Gasteiger partial charge < -0.3 is 0 Å². The van der Waals surface area contributed by atoms with Crippen LogP contribution in [-0.4, -0.2) is 42.3 Å². The topological polar surface area (TPSA) is 3.24 Å². The molecule has 1 saturated heterocycles. The molecule has 1 rings (SSSR count). The molecule has 1 atom stereocenters. The molecule has 0 spiro atoms. The Morgan fingerprint density at radius 3 is 1.80 bits per heavy atom. The van der Waals surface area contributed by atoms with Crippen LogP contribution in [0, 0.1) is 5.92 Å². The van der Waals surface area contributed by atoms with Gasteiger partial charge in [0.05, 0.1) is 5.92 Å². The molecule has 118 valence electrons. The Labute approximate surface area is 110 Å². The lowest BCUT2D eigenvalue weighted by molar-refractivity contribution is -0.253. The predicted molar refractivity (Wildman–Crippen MR) is 55.3 cm³/mol. The number of hydrogen-bond acceptors (Lipinski definition) is 1. The summed E-state index contributed by atoms with van der Waals surface area (Å²) in [6.07, 6.45) is -9.97. The second-order valence-corrected chi connectivity index (χ2v) is 4.63. The molecule has 9 heteroatoms. The SMILES string of the molecule is C=CC(F)(F)C(F)C(F)(F)N1CCC(C(F)(F)F)CC1. The Kier molecular flexibility index (Phi) is 4.72. The standard InChI is InChI=1S/C11H13F8N/c1-2-9(13,14)8(12)11(18,19)20-5-3-7(4-6-20)10(15,16)17/h2,7-8H,1,3-6H2. The van der Waals surface area contributed by atoms with Gasteiger partial charge in [0.2, 0.25) is 6.17 Å². The van der Waals surface area contributed by atoms with Crippen LogP contribution in [0.1, 0.15) is 12.8 Å². The van der Waals surface area contributed by atoms with E-state index in [0.29, 0.717) is 0 Å². The van der Waals surface area contributed by atoms with Crippen molar-refractivity contribution in [2.24, 2.45) is 5.92 Å². The van der Waals surface area contributed by atoms with Crippen molar-refractivity contribution in [1.82, 2.24) is 4.90 Å². The van der Waals surface area contributed by atoms with Gasteiger partial charge in [0.1, 0.15) is 0 Å². The van der Waals surface area contributed by atoms with Crippen LogP contribution in [0.15, 0.2) is 12.7 Å². The van der Waals surface area contributed by atoms with Gasteiger partial charge >= 0.3 is 18.1 Å². The van der Waals surface area contributed by atoms with Gasteiger partial charge in [-0.15, -0.1) is 0 Å². The molecule has 1 aliphatic heterocycles. The molecule has 0 amide bonds. The molecule has 0 aromatic carbocycles. The summed E-state index contributed by atoms with van der Waals surface area (Å²) >= 11 is 0. The van der Waals surface area contributed by atoms with Crippen molar-refractivity contribution in [3.8, 4) is 0 Å². The van der Waals surface area contributed by atoms with Gasteiger partial charge in [-0.25, -0.2) is 9.29 Å². The summed E-state index contributed by atoms with van der Waals surface area (Å²) in [5, 5.41) is 0. The fourth-order valence-corrected chi connectivity index (χ4v) is 2.00. The van der Waals surface area contributed by atoms with Crippen molar-refractivity contribution in [3.05, 3.63) is 12.7 Å². The maximum absolute atomic E-state index is 13.6. The van der Waals surface area contributed by atoms with Crippen molar-refractivity contribution in [3.63, 3.8) is 0 Å². The molecular formula is C11H13F8N. The Hall–Kier alpha value is -0.860. The van der Waals surface area contributed by atoms with Crippen molar-refractivity contribution >= 4 is 0 Å². The molecule has 0 radical (unpaired) electrons. The summed E-state index contributed by atoms with van der Waals surface area (Å²) in [7, 11) is 0. The highest BCUT2D eigenvalue weighted by atomic mass is 19.4. The van der Waals surface area contributed by atoms with E-state index in [4.69, 9.17) is 0 Å². The molecular weight excluding hydrogens is 298 g/mol. The van der Waals surface area contributed by atoms with Crippen molar-refractivity contribution in [2.45, 2.75) is 37.2 Å². The molecule has 0 aromatic heterocycles. The first-order chi connectivity index (χ1) is 8.93. The third-order valence-corrected chi connectivity index (χ3v) is 3.29. The van der Waals surface area contributed by atoms with Gasteiger partial charge in [0.25, 0.3) is 0 Å². The molecule has 1 heterocycles. The summed E-state index contributed by atoms with van der Waals surface area (Å²) in [6, 6.07) is -4.55. The first-order valence-electron chi connectivity index (χ1n) is 5.78. The summed E-state index contributed by atoms with van der Waals surface area (Å²) in [5.41, 5.74) is 0. The zero-order chi connectivity index (χ0) is 15.8. The lowest BCUT2D eigenvalue weighted by Gasteiger charge is -2.39. The van der Waals surface area contributed by atoms with Crippen LogP contribution in [0.25, 0.3) is 0 Å². The van der Waals surface area contributed by atoms with E-state index in [-0.39, 0.29) is 11.0 Å². The third-order valence-electron chi connectivity index (χ3n) is 3.29. The predicted octanol–water partition coefficient (Wildman–Crippen LogP) is 4.01. The number of nitrogens with zero attached hydrogens (tertiary/aromatic N) is 1. The van der Waals surface area contributed by atoms with Gasteiger partial charge in [0.15, 0.2) is 0 Å². The zero-order valence-electron chi connectivity index (χ0n) is 10.2. The van der Waals surface area contributed by atoms with Gasteiger partial charge in [-0.2, -0.15) is 30.7 Å². The maximum atomic E-state index is 13.6. The summed E-state index contributed by atoms with van der Waals surface area (Å²) in [4.78, 5) is 0.0251. The first-order valence-corrected chi connectivity index (χ1v) is 5.78. The summed E-state index contributed by atoms with van der Waals surface area (Å²) in [5.74, 6) is -6.22. The highest BCUT2D eigenvalue weighted by Gasteiger charge is 2.58. The van der Waals surface area contributed by atoms with Crippen LogP contribution >= 0.6 is 0 Å². The molecule has 0 aliphatic carbocycles. The van der Waals surface area contributed by atoms with Gasteiger partial charge in [-0.05, 0) is 18.9 Å². The lowest BCUT2D eigenvalue weighted by atomic mass is 9.95. The molecule has 1 unspecified atom stereocenters. The molecule has 1 fully saturated rings. The van der Waals surface area contributed by atoms with Gasteiger partial charge in [0, 0.05) is 13.1 Å². The molecule has 0 aromatic rings. The highest BCUT2D eigenvalue weighted by molar-refractivity contribution is 5.00. The van der Waals surface area contributed by atoms with E-state index in [9.17, 15) is 35.1 Å². The number of halogens is 8. The molecule has 0 saturated carbocycles. The fraction of sp³-hybridized carbons (Fsp3) is 0.818. The van der Waals surface area contributed by atoms with Crippen molar-refractivity contribution < 1.29 is 35.1 Å².